The summed E-state index contributed by atoms with van der Waals surface area (Å²) in [5.74, 6) is 0. The normalized spacial score (nSPS) is 10.6. The Morgan fingerprint density at radius 2 is 0.645 bits per heavy atom. The van der Waals surface area contributed by atoms with Crippen LogP contribution in [0.15, 0.2) is 36.4 Å². The van der Waals surface area contributed by atoms with E-state index in [4.69, 9.17) is 0 Å². The van der Waals surface area contributed by atoms with Gasteiger partial charge in [-0.15, -0.1) is 0 Å². The number of aldehydes is 3. The van der Waals surface area contributed by atoms with Gasteiger partial charge >= 0.3 is 0 Å². The molecule has 0 bridgehead atoms. The van der Waals surface area contributed by atoms with Gasteiger partial charge in [-0.2, -0.15) is 0 Å². The lowest BCUT2D eigenvalue weighted by Gasteiger charge is -2.27. The molecule has 0 N–H and O–H groups in total. The van der Waals surface area contributed by atoms with E-state index in [1.807, 2.05) is 77.9 Å². The van der Waals surface area contributed by atoms with Crippen LogP contribution in [0.2, 0.25) is 0 Å². The van der Waals surface area contributed by atoms with Crippen LogP contribution in [0.1, 0.15) is 64.5 Å². The Bertz CT molecular complexity index is 987. The van der Waals surface area contributed by atoms with Crippen LogP contribution >= 0.6 is 0 Å². The smallest absolute Gasteiger partial charge is 0.243 e. The first-order valence-corrected chi connectivity index (χ1v) is 10.4. The third-order valence-corrected chi connectivity index (χ3v) is 6.12. The van der Waals surface area contributed by atoms with Gasteiger partial charge in [0, 0.05) is 16.7 Å². The fourth-order valence-electron chi connectivity index (χ4n) is 5.03. The molecule has 31 heavy (non-hydrogen) atoms. The molecule has 156 valence electrons. The van der Waals surface area contributed by atoms with Gasteiger partial charge in [-0.1, -0.05) is 49.8 Å². The zero-order chi connectivity index (χ0) is 22.9. The Morgan fingerprint density at radius 3 is 0.806 bits per heavy atom. The molecule has 0 amide bonds. The Kier molecular flexibility index (Phi) is 6.40. The summed E-state index contributed by atoms with van der Waals surface area (Å²) in [6, 6.07) is 11.6. The van der Waals surface area contributed by atoms with Gasteiger partial charge in [0.05, 0.1) is 0 Å². The van der Waals surface area contributed by atoms with E-state index in [0.717, 1.165) is 68.6 Å². The fourth-order valence-corrected chi connectivity index (χ4v) is 5.03. The van der Waals surface area contributed by atoms with Crippen LogP contribution in [-0.2, 0) is 0 Å². The lowest BCUT2D eigenvalue weighted by atomic mass is 9.33. The van der Waals surface area contributed by atoms with Gasteiger partial charge in [0.15, 0.2) is 0 Å². The van der Waals surface area contributed by atoms with Crippen molar-refractivity contribution < 1.29 is 14.4 Å². The molecule has 3 aromatic rings. The van der Waals surface area contributed by atoms with Crippen molar-refractivity contribution in [3.05, 3.63) is 86.5 Å². The maximum absolute atomic E-state index is 11.4. The van der Waals surface area contributed by atoms with Crippen LogP contribution in [0.5, 0.6) is 0 Å². The van der Waals surface area contributed by atoms with Crippen LogP contribution in [0.25, 0.3) is 0 Å². The first-order chi connectivity index (χ1) is 14.7. The molecule has 0 spiro atoms. The second-order valence-corrected chi connectivity index (χ2v) is 8.49. The van der Waals surface area contributed by atoms with E-state index in [1.165, 1.54) is 0 Å². The van der Waals surface area contributed by atoms with Crippen molar-refractivity contribution in [1.82, 2.24) is 0 Å². The second-order valence-electron chi connectivity index (χ2n) is 8.49. The molecule has 0 atom stereocenters. The third kappa shape index (κ3) is 4.16. The number of rotatable bonds is 6. The molecule has 0 aliphatic rings. The van der Waals surface area contributed by atoms with Crippen LogP contribution < -0.4 is 16.4 Å². The molecule has 0 aliphatic carbocycles. The SMILES string of the molecule is Cc1cc(C=O)cc(C)c1B(c1c(C)cc(C=O)cc1C)c1c(C)cc(C=O)cc1C. The molecule has 0 radical (unpaired) electrons. The quantitative estimate of drug-likeness (QED) is 0.462. The van der Waals surface area contributed by atoms with Crippen LogP contribution in [-0.4, -0.2) is 25.6 Å². The maximum atomic E-state index is 11.4. The number of carbonyl (C=O) groups excluding carboxylic acids is 3. The lowest BCUT2D eigenvalue weighted by Crippen LogP contribution is -2.57. The van der Waals surface area contributed by atoms with Crippen molar-refractivity contribution in [3.63, 3.8) is 0 Å². The van der Waals surface area contributed by atoms with E-state index in [2.05, 4.69) is 0 Å². The summed E-state index contributed by atoms with van der Waals surface area (Å²) >= 11 is 0. The average Bonchev–Trinajstić information content (AvgIpc) is 2.71. The fraction of sp³-hybridized carbons (Fsp3) is 0.222. The van der Waals surface area contributed by atoms with Crippen LogP contribution in [0.3, 0.4) is 0 Å². The summed E-state index contributed by atoms with van der Waals surface area (Å²) < 4.78 is 0. The van der Waals surface area contributed by atoms with Crippen molar-refractivity contribution >= 4 is 42.0 Å². The van der Waals surface area contributed by atoms with Gasteiger partial charge < -0.3 is 0 Å². The summed E-state index contributed by atoms with van der Waals surface area (Å²) in [5, 5.41) is 0. The summed E-state index contributed by atoms with van der Waals surface area (Å²) in [6.45, 7) is 12.2. The largest absolute Gasteiger partial charge is 0.298 e. The molecule has 0 heterocycles. The summed E-state index contributed by atoms with van der Waals surface area (Å²) in [5.41, 5.74) is 11.7. The number of benzene rings is 3. The van der Waals surface area contributed by atoms with E-state index in [9.17, 15) is 14.4 Å². The first kappa shape index (κ1) is 22.4. The van der Waals surface area contributed by atoms with Crippen LogP contribution in [0.4, 0.5) is 0 Å². The number of hydrogen-bond acceptors (Lipinski definition) is 3. The highest BCUT2D eigenvalue weighted by atomic mass is 16.1. The molecule has 3 aromatic carbocycles. The van der Waals surface area contributed by atoms with Gasteiger partial charge in [0.1, 0.15) is 18.9 Å². The van der Waals surface area contributed by atoms with Gasteiger partial charge in [-0.3, -0.25) is 14.4 Å². The van der Waals surface area contributed by atoms with Crippen molar-refractivity contribution in [2.75, 3.05) is 0 Å². The molecule has 0 saturated carbocycles. The highest BCUT2D eigenvalue weighted by Gasteiger charge is 2.31. The number of aryl methyl sites for hydroxylation is 6. The van der Waals surface area contributed by atoms with E-state index in [-0.39, 0.29) is 6.71 Å². The molecule has 0 saturated heterocycles. The maximum Gasteiger partial charge on any atom is 0.243 e. The van der Waals surface area contributed by atoms with E-state index >= 15 is 0 Å². The predicted molar refractivity (Wildman–Crippen MR) is 129 cm³/mol. The molecule has 4 heteroatoms. The highest BCUT2D eigenvalue weighted by Crippen LogP contribution is 2.15. The summed E-state index contributed by atoms with van der Waals surface area (Å²) in [6.07, 6.45) is 2.64. The highest BCUT2D eigenvalue weighted by molar-refractivity contribution is 6.97. The van der Waals surface area contributed by atoms with E-state index < -0.39 is 0 Å². The predicted octanol–water partition coefficient (Wildman–Crippen LogP) is 3.49. The molecule has 0 unspecified atom stereocenters. The Balaban J connectivity index is 2.45. The van der Waals surface area contributed by atoms with Gasteiger partial charge in [-0.05, 0) is 77.9 Å². The van der Waals surface area contributed by atoms with Crippen LogP contribution in [0, 0.1) is 41.5 Å². The zero-order valence-corrected chi connectivity index (χ0v) is 19.0. The molecule has 0 aliphatic heterocycles. The molecule has 3 nitrogen and oxygen atoms in total. The Hall–Kier alpha value is -3.27. The molecular formula is C27H27BO3. The standard InChI is InChI=1S/C27H27BO3/c1-16-7-22(13-29)8-17(2)25(16)28(26-18(3)9-23(14-30)10-19(26)4)27-20(5)11-24(15-31)12-21(27)6/h7-15H,1-6H3. The molecular weight excluding hydrogens is 383 g/mol. The minimum Gasteiger partial charge on any atom is -0.298 e. The average molecular weight is 410 g/mol. The Morgan fingerprint density at radius 1 is 0.452 bits per heavy atom. The number of hydrogen-bond donors (Lipinski definition) is 0. The second kappa shape index (κ2) is 8.85. The van der Waals surface area contributed by atoms with Crippen molar-refractivity contribution in [1.29, 1.82) is 0 Å². The monoisotopic (exact) mass is 410 g/mol. The van der Waals surface area contributed by atoms with Crippen molar-refractivity contribution in [2.24, 2.45) is 0 Å². The zero-order valence-electron chi connectivity index (χ0n) is 19.0. The lowest BCUT2D eigenvalue weighted by molar-refractivity contribution is 0.111. The van der Waals surface area contributed by atoms with Crippen molar-refractivity contribution in [3.8, 4) is 0 Å². The van der Waals surface area contributed by atoms with E-state index in [1.54, 1.807) is 0 Å². The van der Waals surface area contributed by atoms with Crippen molar-refractivity contribution in [2.45, 2.75) is 41.5 Å². The van der Waals surface area contributed by atoms with Gasteiger partial charge in [-0.25, -0.2) is 0 Å². The van der Waals surface area contributed by atoms with Gasteiger partial charge in [0.25, 0.3) is 0 Å². The number of carbonyl (C=O) groups is 3. The van der Waals surface area contributed by atoms with E-state index in [0.29, 0.717) is 16.7 Å². The molecule has 0 fully saturated rings. The topological polar surface area (TPSA) is 51.2 Å². The third-order valence-electron chi connectivity index (χ3n) is 6.12. The summed E-state index contributed by atoms with van der Waals surface area (Å²) in [7, 11) is 0. The first-order valence-electron chi connectivity index (χ1n) is 10.4. The van der Waals surface area contributed by atoms with Gasteiger partial charge in [0.2, 0.25) is 6.71 Å². The Labute approximate surface area is 184 Å². The minimum absolute atomic E-state index is 0.0814. The molecule has 3 rings (SSSR count). The molecule has 0 aromatic heterocycles. The minimum atomic E-state index is -0.0814. The summed E-state index contributed by atoms with van der Waals surface area (Å²) in [4.78, 5) is 34.3.